The molecule has 0 aliphatic carbocycles. The van der Waals surface area contributed by atoms with E-state index >= 15 is 0 Å². The van der Waals surface area contributed by atoms with Gasteiger partial charge in [-0.05, 0) is 67.2 Å². The Bertz CT molecular complexity index is 283. The summed E-state index contributed by atoms with van der Waals surface area (Å²) in [7, 11) is 0. The van der Waals surface area contributed by atoms with E-state index in [1.54, 1.807) is 0 Å². The summed E-state index contributed by atoms with van der Waals surface area (Å²) in [4.78, 5) is 3.72. The van der Waals surface area contributed by atoms with Crippen LogP contribution in [0.2, 0.25) is 0 Å². The van der Waals surface area contributed by atoms with Crippen LogP contribution in [0.25, 0.3) is 0 Å². The average Bonchev–Trinajstić information content (AvgIpc) is 1.99. The van der Waals surface area contributed by atoms with E-state index in [-0.39, 0.29) is 5.69 Å². The van der Waals surface area contributed by atoms with Crippen molar-refractivity contribution < 1.29 is 8.78 Å². The molecule has 0 N–H and O–H groups in total. The van der Waals surface area contributed by atoms with Gasteiger partial charge in [-0.1, -0.05) is 0 Å². The SMILES string of the molecule is FC(F)c1cc(I)c(Br)c(I)n1. The molecule has 0 aromatic carbocycles. The molecule has 0 spiro atoms. The minimum Gasteiger partial charge on any atom is -0.240 e. The second kappa shape index (κ2) is 4.45. The second-order valence-corrected chi connectivity index (χ2v) is 4.91. The first-order valence-corrected chi connectivity index (χ1v) is 5.77. The first-order valence-electron chi connectivity index (χ1n) is 2.82. The van der Waals surface area contributed by atoms with Crippen molar-refractivity contribution in [1.29, 1.82) is 0 Å². The van der Waals surface area contributed by atoms with E-state index in [0.29, 0.717) is 3.70 Å². The maximum Gasteiger partial charge on any atom is 0.280 e. The van der Waals surface area contributed by atoms with E-state index in [4.69, 9.17) is 0 Å². The highest BCUT2D eigenvalue weighted by atomic mass is 127. The van der Waals surface area contributed by atoms with Gasteiger partial charge >= 0.3 is 0 Å². The van der Waals surface area contributed by atoms with E-state index in [1.807, 2.05) is 45.2 Å². The van der Waals surface area contributed by atoms with Crippen molar-refractivity contribution in [1.82, 2.24) is 4.98 Å². The molecule has 0 amide bonds. The summed E-state index contributed by atoms with van der Waals surface area (Å²) >= 11 is 7.14. The number of pyridine rings is 1. The van der Waals surface area contributed by atoms with Gasteiger partial charge in [-0.25, -0.2) is 13.8 Å². The molecule has 0 bridgehead atoms. The molecule has 0 saturated heterocycles. The summed E-state index contributed by atoms with van der Waals surface area (Å²) in [6.45, 7) is 0. The fourth-order valence-corrected chi connectivity index (χ4v) is 2.46. The number of aromatic nitrogens is 1. The largest absolute Gasteiger partial charge is 0.280 e. The van der Waals surface area contributed by atoms with Crippen LogP contribution in [0.4, 0.5) is 8.78 Å². The van der Waals surface area contributed by atoms with E-state index in [1.165, 1.54) is 6.07 Å². The summed E-state index contributed by atoms with van der Waals surface area (Å²) in [6.07, 6.45) is -2.50. The fourth-order valence-electron chi connectivity index (χ4n) is 0.598. The van der Waals surface area contributed by atoms with Crippen molar-refractivity contribution in [2.24, 2.45) is 0 Å². The monoisotopic (exact) mass is 459 g/mol. The maximum absolute atomic E-state index is 12.2. The highest BCUT2D eigenvalue weighted by Crippen LogP contribution is 2.27. The van der Waals surface area contributed by atoms with Crippen LogP contribution in [0.5, 0.6) is 0 Å². The molecule has 6 heteroatoms. The van der Waals surface area contributed by atoms with Gasteiger partial charge in [-0.2, -0.15) is 0 Å². The molecule has 0 fully saturated rings. The van der Waals surface area contributed by atoms with E-state index in [9.17, 15) is 8.78 Å². The summed E-state index contributed by atoms with van der Waals surface area (Å²) in [5.41, 5.74) is -0.174. The van der Waals surface area contributed by atoms with Gasteiger partial charge in [-0.3, -0.25) is 0 Å². The molecule has 12 heavy (non-hydrogen) atoms. The molecule has 0 aliphatic heterocycles. The first kappa shape index (κ1) is 11.0. The quantitative estimate of drug-likeness (QED) is 0.457. The van der Waals surface area contributed by atoms with Crippen molar-refractivity contribution in [3.05, 3.63) is 23.5 Å². The van der Waals surface area contributed by atoms with Gasteiger partial charge in [0.15, 0.2) is 0 Å². The van der Waals surface area contributed by atoms with Crippen LogP contribution in [0.15, 0.2) is 10.5 Å². The van der Waals surface area contributed by atoms with E-state index in [0.717, 1.165) is 8.04 Å². The number of nitrogens with zero attached hydrogens (tertiary/aromatic N) is 1. The van der Waals surface area contributed by atoms with Gasteiger partial charge in [0.05, 0.1) is 4.47 Å². The van der Waals surface area contributed by atoms with E-state index < -0.39 is 6.43 Å². The van der Waals surface area contributed by atoms with Crippen LogP contribution < -0.4 is 0 Å². The second-order valence-electron chi connectivity index (χ2n) is 1.93. The summed E-state index contributed by atoms with van der Waals surface area (Å²) in [5.74, 6) is 0. The molecule has 1 aromatic rings. The number of rotatable bonds is 1. The molecule has 0 aliphatic rings. The van der Waals surface area contributed by atoms with Crippen molar-refractivity contribution in [3.8, 4) is 0 Å². The molecule has 1 nitrogen and oxygen atoms in total. The molecule has 1 aromatic heterocycles. The normalized spacial score (nSPS) is 10.8. The number of hydrogen-bond donors (Lipinski definition) is 0. The van der Waals surface area contributed by atoms with Crippen LogP contribution in [-0.4, -0.2) is 4.98 Å². The lowest BCUT2D eigenvalue weighted by atomic mass is 10.4. The highest BCUT2D eigenvalue weighted by Gasteiger charge is 2.13. The Labute approximate surface area is 104 Å². The third-order valence-electron chi connectivity index (χ3n) is 1.12. The zero-order valence-corrected chi connectivity index (χ0v) is 11.4. The molecular formula is C6H2BrF2I2N. The molecule has 0 radical (unpaired) electrons. The van der Waals surface area contributed by atoms with Gasteiger partial charge < -0.3 is 0 Å². The zero-order chi connectivity index (χ0) is 9.30. The first-order chi connectivity index (χ1) is 5.52. The predicted molar refractivity (Wildman–Crippen MR) is 62.3 cm³/mol. The Morgan fingerprint density at radius 2 is 2.00 bits per heavy atom. The minimum absolute atomic E-state index is 0.174. The van der Waals surface area contributed by atoms with Crippen molar-refractivity contribution in [2.45, 2.75) is 6.43 Å². The van der Waals surface area contributed by atoms with Gasteiger partial charge in [-0.15, -0.1) is 0 Å². The van der Waals surface area contributed by atoms with Crippen LogP contribution in [0.3, 0.4) is 0 Å². The lowest BCUT2D eigenvalue weighted by molar-refractivity contribution is 0.145. The lowest BCUT2D eigenvalue weighted by Crippen LogP contribution is -1.95. The molecule has 0 unspecified atom stereocenters. The Morgan fingerprint density at radius 3 is 2.42 bits per heavy atom. The van der Waals surface area contributed by atoms with Gasteiger partial charge in [0.25, 0.3) is 6.43 Å². The van der Waals surface area contributed by atoms with Gasteiger partial charge in [0.1, 0.15) is 9.39 Å². The lowest BCUT2D eigenvalue weighted by Gasteiger charge is -2.03. The summed E-state index contributed by atoms with van der Waals surface area (Å²) in [5, 5.41) is 0. The topological polar surface area (TPSA) is 12.9 Å². The molecule has 0 saturated carbocycles. The van der Waals surface area contributed by atoms with Crippen LogP contribution >= 0.6 is 61.1 Å². The third-order valence-corrected chi connectivity index (χ3v) is 5.03. The molecule has 1 heterocycles. The van der Waals surface area contributed by atoms with Crippen molar-refractivity contribution in [3.63, 3.8) is 0 Å². The van der Waals surface area contributed by atoms with Gasteiger partial charge in [0, 0.05) is 3.57 Å². The van der Waals surface area contributed by atoms with Crippen molar-refractivity contribution >= 4 is 61.1 Å². The number of alkyl halides is 2. The number of halogens is 5. The summed E-state index contributed by atoms with van der Waals surface area (Å²) < 4.78 is 26.4. The highest BCUT2D eigenvalue weighted by molar-refractivity contribution is 14.1. The van der Waals surface area contributed by atoms with Gasteiger partial charge in [0.2, 0.25) is 0 Å². The van der Waals surface area contributed by atoms with Crippen LogP contribution in [-0.2, 0) is 0 Å². The Balaban J connectivity index is 3.21. The number of hydrogen-bond acceptors (Lipinski definition) is 1. The average molecular weight is 460 g/mol. The minimum atomic E-state index is -2.50. The standard InChI is InChI=1S/C6H2BrF2I2N/c7-4-2(10)1-3(5(8)9)12-6(4)11/h1,5H. The molecule has 1 rings (SSSR count). The van der Waals surface area contributed by atoms with E-state index in [2.05, 4.69) is 20.9 Å². The zero-order valence-electron chi connectivity index (χ0n) is 5.49. The van der Waals surface area contributed by atoms with Crippen molar-refractivity contribution in [2.75, 3.05) is 0 Å². The predicted octanol–water partition coefficient (Wildman–Crippen LogP) is 3.99. The smallest absolute Gasteiger partial charge is 0.240 e. The Hall–Kier alpha value is 0.950. The third kappa shape index (κ3) is 2.47. The molecule has 66 valence electrons. The maximum atomic E-state index is 12.2. The Morgan fingerprint density at radius 1 is 1.42 bits per heavy atom. The Kier molecular flexibility index (Phi) is 4.09. The van der Waals surface area contributed by atoms with Crippen LogP contribution in [0.1, 0.15) is 12.1 Å². The molecular weight excluding hydrogens is 458 g/mol. The summed E-state index contributed by atoms with van der Waals surface area (Å²) in [6, 6.07) is 1.37. The molecule has 0 atom stereocenters. The fraction of sp³-hybridized carbons (Fsp3) is 0.167. The van der Waals surface area contributed by atoms with Crippen LogP contribution in [0, 0.1) is 7.27 Å².